The van der Waals surface area contributed by atoms with Gasteiger partial charge < -0.3 is 34.6 Å². The van der Waals surface area contributed by atoms with Gasteiger partial charge in [0.2, 0.25) is 0 Å². The van der Waals surface area contributed by atoms with Crippen molar-refractivity contribution < 1.29 is 34.6 Å². The van der Waals surface area contributed by atoms with E-state index in [0.29, 0.717) is 18.1 Å². The fraction of sp³-hybridized carbons (Fsp3) is 0.280. The highest BCUT2D eigenvalue weighted by atomic mass is 16.5. The quantitative estimate of drug-likeness (QED) is 0.487. The Morgan fingerprint density at radius 1 is 0.781 bits per heavy atom. The molecule has 0 aromatic heterocycles. The molecule has 0 saturated carbocycles. The molecule has 32 heavy (non-hydrogen) atoms. The first-order valence-corrected chi connectivity index (χ1v) is 10.3. The third-order valence-corrected chi connectivity index (χ3v) is 6.62. The first-order valence-electron chi connectivity index (χ1n) is 10.3. The summed E-state index contributed by atoms with van der Waals surface area (Å²) >= 11 is 0. The summed E-state index contributed by atoms with van der Waals surface area (Å²) < 4.78 is 16.8. The topological polar surface area (TPSA) is 109 Å². The Morgan fingerprint density at radius 3 is 2.06 bits per heavy atom. The fourth-order valence-corrected chi connectivity index (χ4v) is 5.29. The van der Waals surface area contributed by atoms with Gasteiger partial charge in [0.25, 0.3) is 0 Å². The van der Waals surface area contributed by atoms with Crippen LogP contribution < -0.4 is 9.47 Å². The van der Waals surface area contributed by atoms with Gasteiger partial charge in [-0.1, -0.05) is 12.1 Å². The highest BCUT2D eigenvalue weighted by Gasteiger charge is 2.51. The fourth-order valence-electron chi connectivity index (χ4n) is 5.29. The summed E-state index contributed by atoms with van der Waals surface area (Å²) in [6, 6.07) is 13.3. The first-order chi connectivity index (χ1) is 15.4. The number of rotatable bonds is 4. The van der Waals surface area contributed by atoms with Gasteiger partial charge in [-0.3, -0.25) is 0 Å². The molecule has 7 nitrogen and oxygen atoms in total. The Labute approximate surface area is 185 Å². The lowest BCUT2D eigenvalue weighted by Gasteiger charge is -2.21. The van der Waals surface area contributed by atoms with Crippen molar-refractivity contribution in [1.29, 1.82) is 0 Å². The van der Waals surface area contributed by atoms with Crippen LogP contribution in [0.3, 0.4) is 0 Å². The van der Waals surface area contributed by atoms with Gasteiger partial charge in [0.1, 0.15) is 11.5 Å². The number of phenols is 4. The predicted octanol–water partition coefficient (Wildman–Crippen LogP) is 4.14. The number of benzene rings is 3. The Bertz CT molecular complexity index is 1190. The molecule has 0 amide bonds. The molecule has 166 valence electrons. The zero-order valence-electron chi connectivity index (χ0n) is 17.6. The van der Waals surface area contributed by atoms with E-state index < -0.39 is 0 Å². The van der Waals surface area contributed by atoms with E-state index in [4.69, 9.17) is 14.2 Å². The lowest BCUT2D eigenvalue weighted by molar-refractivity contribution is 0.0988. The molecule has 1 saturated heterocycles. The smallest absolute Gasteiger partial charge is 0.160 e. The molecule has 2 aliphatic rings. The van der Waals surface area contributed by atoms with E-state index in [2.05, 4.69) is 0 Å². The summed E-state index contributed by atoms with van der Waals surface area (Å²) in [5.74, 6) is 0.426. The molecule has 4 N–H and O–H groups in total. The van der Waals surface area contributed by atoms with Crippen molar-refractivity contribution in [3.8, 4) is 34.5 Å². The van der Waals surface area contributed by atoms with E-state index in [9.17, 15) is 20.4 Å². The van der Waals surface area contributed by atoms with Gasteiger partial charge in [-0.15, -0.1) is 0 Å². The molecule has 3 aromatic rings. The second kappa shape index (κ2) is 7.53. The number of aromatic hydroxyl groups is 4. The minimum absolute atomic E-state index is 0.0159. The second-order valence-corrected chi connectivity index (χ2v) is 8.25. The standard InChI is InChI=1S/C25H24O7/c1-30-20-7-12(3-5-17(20)27)22-16-11-32-25(13-4-6-18(28)21(8-13)31-2)23(16)15-9-14(26)10-19(29)24(15)22/h3-10,16,22-23,25-29H,11H2,1-2H3/t16-,22-,23+,25-/m0/s1. The maximum absolute atomic E-state index is 10.8. The first kappa shape index (κ1) is 20.3. The maximum Gasteiger partial charge on any atom is 0.160 e. The Hall–Kier alpha value is -3.58. The highest BCUT2D eigenvalue weighted by Crippen LogP contribution is 2.62. The third kappa shape index (κ3) is 3.00. The SMILES string of the molecule is COc1cc([C@@H]2c3c(O)cc(O)cc3[C@@H]3[C@H]2CO[C@H]3c2ccc(O)c(OC)c2)ccc1O. The maximum atomic E-state index is 10.8. The van der Waals surface area contributed by atoms with Crippen molar-refractivity contribution in [1.82, 2.24) is 0 Å². The summed E-state index contributed by atoms with van der Waals surface area (Å²) in [5, 5.41) is 41.1. The Morgan fingerprint density at radius 2 is 1.41 bits per heavy atom. The zero-order valence-corrected chi connectivity index (χ0v) is 17.6. The average molecular weight is 436 g/mol. The number of methoxy groups -OCH3 is 2. The zero-order chi connectivity index (χ0) is 22.6. The van der Waals surface area contributed by atoms with Crippen molar-refractivity contribution in [2.75, 3.05) is 20.8 Å². The summed E-state index contributed by atoms with van der Waals surface area (Å²) in [5.41, 5.74) is 3.27. The van der Waals surface area contributed by atoms with Crippen LogP contribution in [-0.2, 0) is 4.74 Å². The van der Waals surface area contributed by atoms with Gasteiger partial charge in [-0.25, -0.2) is 0 Å². The van der Waals surface area contributed by atoms with Gasteiger partial charge in [-0.2, -0.15) is 0 Å². The largest absolute Gasteiger partial charge is 0.508 e. The van der Waals surface area contributed by atoms with Crippen molar-refractivity contribution >= 4 is 0 Å². The number of hydrogen-bond donors (Lipinski definition) is 4. The molecular weight excluding hydrogens is 412 g/mol. The molecule has 1 heterocycles. The summed E-state index contributed by atoms with van der Waals surface area (Å²) in [7, 11) is 2.99. The normalized spacial score (nSPS) is 23.6. The van der Waals surface area contributed by atoms with Crippen LogP contribution in [0.5, 0.6) is 34.5 Å². The summed E-state index contributed by atoms with van der Waals surface area (Å²) in [6.45, 7) is 0.432. The van der Waals surface area contributed by atoms with E-state index in [0.717, 1.165) is 22.3 Å². The van der Waals surface area contributed by atoms with Crippen LogP contribution in [0, 0.1) is 5.92 Å². The number of fused-ring (bicyclic) bond motifs is 3. The van der Waals surface area contributed by atoms with Gasteiger partial charge in [0, 0.05) is 29.4 Å². The lowest BCUT2D eigenvalue weighted by Crippen LogP contribution is -2.13. The van der Waals surface area contributed by atoms with Crippen LogP contribution in [0.15, 0.2) is 48.5 Å². The van der Waals surface area contributed by atoms with E-state index in [-0.39, 0.29) is 46.9 Å². The van der Waals surface area contributed by atoms with Gasteiger partial charge in [-0.05, 0) is 47.0 Å². The molecule has 4 atom stereocenters. The molecule has 0 spiro atoms. The molecule has 0 radical (unpaired) electrons. The van der Waals surface area contributed by atoms with Crippen LogP contribution in [0.25, 0.3) is 0 Å². The summed E-state index contributed by atoms with van der Waals surface area (Å²) in [6.07, 6.45) is -0.349. The molecule has 0 unspecified atom stereocenters. The monoisotopic (exact) mass is 436 g/mol. The minimum atomic E-state index is -0.349. The van der Waals surface area contributed by atoms with E-state index in [1.165, 1.54) is 20.3 Å². The lowest BCUT2D eigenvalue weighted by atomic mass is 9.81. The third-order valence-electron chi connectivity index (χ3n) is 6.62. The molecule has 0 bridgehead atoms. The van der Waals surface area contributed by atoms with Gasteiger partial charge >= 0.3 is 0 Å². The van der Waals surface area contributed by atoms with Gasteiger partial charge in [0.05, 0.1) is 26.9 Å². The van der Waals surface area contributed by atoms with Crippen LogP contribution in [0.2, 0.25) is 0 Å². The van der Waals surface area contributed by atoms with Crippen molar-refractivity contribution in [3.05, 3.63) is 70.8 Å². The number of ether oxygens (including phenoxy) is 3. The molecule has 1 aliphatic carbocycles. The molecule has 1 aliphatic heterocycles. The van der Waals surface area contributed by atoms with E-state index in [1.807, 2.05) is 6.07 Å². The Balaban J connectivity index is 1.65. The highest BCUT2D eigenvalue weighted by molar-refractivity contribution is 5.59. The summed E-state index contributed by atoms with van der Waals surface area (Å²) in [4.78, 5) is 0. The average Bonchev–Trinajstić information content (AvgIpc) is 3.33. The molecule has 7 heteroatoms. The van der Waals surface area contributed by atoms with Crippen molar-refractivity contribution in [2.24, 2.45) is 5.92 Å². The predicted molar refractivity (Wildman–Crippen MR) is 116 cm³/mol. The molecular formula is C25H24O7. The van der Waals surface area contributed by atoms with E-state index in [1.54, 1.807) is 36.4 Å². The van der Waals surface area contributed by atoms with Crippen molar-refractivity contribution in [3.63, 3.8) is 0 Å². The Kier molecular flexibility index (Phi) is 4.78. The van der Waals surface area contributed by atoms with Gasteiger partial charge in [0.15, 0.2) is 23.0 Å². The molecule has 1 fully saturated rings. The molecule has 3 aromatic carbocycles. The molecule has 5 rings (SSSR count). The van der Waals surface area contributed by atoms with Crippen LogP contribution in [0.1, 0.15) is 40.2 Å². The van der Waals surface area contributed by atoms with Crippen LogP contribution >= 0.6 is 0 Å². The minimum Gasteiger partial charge on any atom is -0.508 e. The van der Waals surface area contributed by atoms with Crippen LogP contribution in [0.4, 0.5) is 0 Å². The number of hydrogen-bond acceptors (Lipinski definition) is 7. The second-order valence-electron chi connectivity index (χ2n) is 8.25. The van der Waals surface area contributed by atoms with Crippen molar-refractivity contribution in [2.45, 2.75) is 17.9 Å². The van der Waals surface area contributed by atoms with Crippen LogP contribution in [-0.4, -0.2) is 41.3 Å². The number of phenolic OH excluding ortho intramolecular Hbond substituents is 4. The van der Waals surface area contributed by atoms with E-state index >= 15 is 0 Å².